The molecule has 0 aliphatic rings. The summed E-state index contributed by atoms with van der Waals surface area (Å²) in [7, 11) is 1.48. The van der Waals surface area contributed by atoms with Gasteiger partial charge >= 0.3 is 0 Å². The van der Waals surface area contributed by atoms with Crippen LogP contribution in [0.25, 0.3) is 0 Å². The molecule has 0 aliphatic carbocycles. The first-order valence-corrected chi connectivity index (χ1v) is 4.94. The van der Waals surface area contributed by atoms with E-state index in [1.807, 2.05) is 0 Å². The summed E-state index contributed by atoms with van der Waals surface area (Å²) in [5.74, 6) is -0.742. The number of likely N-dealkylation sites (N-methyl/N-ethyl adjacent to an activating group) is 1. The zero-order valence-electron chi connectivity index (χ0n) is 8.27. The van der Waals surface area contributed by atoms with Gasteiger partial charge in [-0.25, -0.2) is 0 Å². The number of rotatable bonds is 3. The topological polar surface area (TPSA) is 84.0 Å². The van der Waals surface area contributed by atoms with Crippen LogP contribution in [0.1, 0.15) is 5.01 Å². The molecule has 2 N–H and O–H groups in total. The smallest absolute Gasteiger partial charge is 0.250 e. The van der Waals surface area contributed by atoms with E-state index in [1.165, 1.54) is 18.4 Å². The average molecular weight is 226 g/mol. The third kappa shape index (κ3) is 3.86. The highest BCUT2D eigenvalue weighted by molar-refractivity contribution is 7.15. The van der Waals surface area contributed by atoms with E-state index in [0.29, 0.717) is 5.13 Å². The molecule has 0 spiro atoms. The molecule has 0 radical (unpaired) electrons. The fourth-order valence-corrected chi connectivity index (χ4v) is 1.32. The molecule has 0 unspecified atom stereocenters. The second-order valence-corrected chi connectivity index (χ2v) is 3.74. The zero-order valence-corrected chi connectivity index (χ0v) is 9.09. The monoisotopic (exact) mass is 226 g/mol. The average Bonchev–Trinajstić information content (AvgIpc) is 2.60. The standard InChI is InChI=1S/C8H10N4O2S/c1-5-11-12-8(15-5)10-7(14)4-3-6(13)9-2/h3-4H,1-2H3,(H,9,13)(H,10,12,14)/b4-3-. The highest BCUT2D eigenvalue weighted by Crippen LogP contribution is 2.13. The lowest BCUT2D eigenvalue weighted by Crippen LogP contribution is -2.16. The summed E-state index contributed by atoms with van der Waals surface area (Å²) in [6.07, 6.45) is 2.28. The summed E-state index contributed by atoms with van der Waals surface area (Å²) < 4.78 is 0. The predicted octanol–water partition coefficient (Wildman–Crippen LogP) is 0.0872. The van der Waals surface area contributed by atoms with Crippen molar-refractivity contribution in [2.75, 3.05) is 12.4 Å². The van der Waals surface area contributed by atoms with Gasteiger partial charge in [-0.2, -0.15) is 0 Å². The molecule has 7 heteroatoms. The van der Waals surface area contributed by atoms with Gasteiger partial charge < -0.3 is 5.32 Å². The first-order valence-electron chi connectivity index (χ1n) is 4.12. The Hall–Kier alpha value is -1.76. The van der Waals surface area contributed by atoms with Crippen LogP contribution in [0.4, 0.5) is 5.13 Å². The normalized spacial score (nSPS) is 10.3. The van der Waals surface area contributed by atoms with E-state index in [2.05, 4.69) is 20.8 Å². The Kier molecular flexibility index (Phi) is 3.92. The lowest BCUT2D eigenvalue weighted by molar-refractivity contribution is -0.117. The molecule has 0 aromatic carbocycles. The van der Waals surface area contributed by atoms with Gasteiger partial charge in [0, 0.05) is 19.2 Å². The van der Waals surface area contributed by atoms with Gasteiger partial charge in [0.15, 0.2) is 0 Å². The highest BCUT2D eigenvalue weighted by atomic mass is 32.1. The summed E-state index contributed by atoms with van der Waals surface area (Å²) in [4.78, 5) is 22.0. The Morgan fingerprint density at radius 1 is 1.27 bits per heavy atom. The first kappa shape index (κ1) is 11.3. The van der Waals surface area contributed by atoms with Crippen LogP contribution in [0.2, 0.25) is 0 Å². The number of nitrogens with one attached hydrogen (secondary N) is 2. The Bertz CT molecular complexity index is 399. The molecule has 2 amide bonds. The van der Waals surface area contributed by atoms with Crippen LogP contribution in [-0.2, 0) is 9.59 Å². The number of nitrogens with zero attached hydrogens (tertiary/aromatic N) is 2. The number of aryl methyl sites for hydroxylation is 1. The molecule has 1 heterocycles. The molecule has 1 rings (SSSR count). The van der Waals surface area contributed by atoms with Gasteiger partial charge in [-0.1, -0.05) is 11.3 Å². The summed E-state index contributed by atoms with van der Waals surface area (Å²) in [5.41, 5.74) is 0. The number of hydrogen-bond acceptors (Lipinski definition) is 5. The molecular formula is C8H10N4O2S. The lowest BCUT2D eigenvalue weighted by Gasteiger charge is -1.93. The number of aromatic nitrogens is 2. The molecule has 0 fully saturated rings. The third-order valence-corrected chi connectivity index (χ3v) is 2.14. The molecule has 1 aromatic rings. The van der Waals surface area contributed by atoms with Crippen LogP contribution >= 0.6 is 11.3 Å². The van der Waals surface area contributed by atoms with Crippen molar-refractivity contribution in [3.63, 3.8) is 0 Å². The van der Waals surface area contributed by atoms with Gasteiger partial charge in [-0.05, 0) is 6.92 Å². The van der Waals surface area contributed by atoms with Gasteiger partial charge in [0.05, 0.1) is 0 Å². The van der Waals surface area contributed by atoms with Crippen LogP contribution in [0.3, 0.4) is 0 Å². The van der Waals surface area contributed by atoms with Crippen LogP contribution in [0.15, 0.2) is 12.2 Å². The van der Waals surface area contributed by atoms with E-state index >= 15 is 0 Å². The first-order chi connectivity index (χ1) is 7.11. The van der Waals surface area contributed by atoms with Gasteiger partial charge in [0.2, 0.25) is 16.9 Å². The maximum Gasteiger partial charge on any atom is 0.250 e. The molecule has 0 bridgehead atoms. The largest absolute Gasteiger partial charge is 0.356 e. The van der Waals surface area contributed by atoms with Gasteiger partial charge in [0.25, 0.3) is 0 Å². The maximum absolute atomic E-state index is 11.2. The Morgan fingerprint density at radius 2 is 1.93 bits per heavy atom. The van der Waals surface area contributed by atoms with Gasteiger partial charge in [-0.15, -0.1) is 10.2 Å². The van der Waals surface area contributed by atoms with Crippen molar-refractivity contribution in [2.45, 2.75) is 6.92 Å². The number of carbonyl (C=O) groups is 2. The van der Waals surface area contributed by atoms with Gasteiger partial charge in [-0.3, -0.25) is 14.9 Å². The second kappa shape index (κ2) is 5.20. The van der Waals surface area contributed by atoms with E-state index in [-0.39, 0.29) is 5.91 Å². The number of anilines is 1. The van der Waals surface area contributed by atoms with Crippen LogP contribution in [-0.4, -0.2) is 29.1 Å². The molecule has 0 saturated carbocycles. The van der Waals surface area contributed by atoms with Crippen molar-refractivity contribution in [2.24, 2.45) is 0 Å². The van der Waals surface area contributed by atoms with Crippen molar-refractivity contribution in [1.82, 2.24) is 15.5 Å². The van der Waals surface area contributed by atoms with Crippen molar-refractivity contribution >= 4 is 28.3 Å². The van der Waals surface area contributed by atoms with Crippen molar-refractivity contribution < 1.29 is 9.59 Å². The van der Waals surface area contributed by atoms with Crippen molar-refractivity contribution in [1.29, 1.82) is 0 Å². The van der Waals surface area contributed by atoms with Gasteiger partial charge in [0.1, 0.15) is 5.01 Å². The molecule has 0 saturated heterocycles. The minimum atomic E-state index is -0.408. The predicted molar refractivity (Wildman–Crippen MR) is 56.5 cm³/mol. The fraction of sp³-hybridized carbons (Fsp3) is 0.250. The van der Waals surface area contributed by atoms with Crippen LogP contribution in [0.5, 0.6) is 0 Å². The molecular weight excluding hydrogens is 216 g/mol. The van der Waals surface area contributed by atoms with E-state index in [1.54, 1.807) is 6.92 Å². The molecule has 1 aromatic heterocycles. The summed E-state index contributed by atoms with van der Waals surface area (Å²) in [6, 6.07) is 0. The second-order valence-electron chi connectivity index (χ2n) is 2.56. The summed E-state index contributed by atoms with van der Waals surface area (Å²) in [6.45, 7) is 1.79. The fourth-order valence-electron chi connectivity index (χ4n) is 0.729. The summed E-state index contributed by atoms with van der Waals surface area (Å²) in [5, 5.41) is 13.5. The molecule has 0 aliphatic heterocycles. The van der Waals surface area contributed by atoms with Crippen molar-refractivity contribution in [3.8, 4) is 0 Å². The van der Waals surface area contributed by atoms with E-state index in [0.717, 1.165) is 17.2 Å². The molecule has 80 valence electrons. The zero-order chi connectivity index (χ0) is 11.3. The number of hydrogen-bond donors (Lipinski definition) is 2. The lowest BCUT2D eigenvalue weighted by atomic mass is 10.4. The van der Waals surface area contributed by atoms with E-state index < -0.39 is 5.91 Å². The third-order valence-electron chi connectivity index (χ3n) is 1.39. The Balaban J connectivity index is 2.50. The SMILES string of the molecule is CNC(=O)/C=C\C(=O)Nc1nnc(C)s1. The van der Waals surface area contributed by atoms with Crippen LogP contribution < -0.4 is 10.6 Å². The molecule has 15 heavy (non-hydrogen) atoms. The minimum Gasteiger partial charge on any atom is -0.356 e. The molecule has 6 nitrogen and oxygen atoms in total. The van der Waals surface area contributed by atoms with E-state index in [9.17, 15) is 9.59 Å². The van der Waals surface area contributed by atoms with Crippen LogP contribution in [0, 0.1) is 6.92 Å². The highest BCUT2D eigenvalue weighted by Gasteiger charge is 2.03. The minimum absolute atomic E-state index is 0.335. The maximum atomic E-state index is 11.2. The van der Waals surface area contributed by atoms with Crippen molar-refractivity contribution in [3.05, 3.63) is 17.2 Å². The molecule has 0 atom stereocenters. The quantitative estimate of drug-likeness (QED) is 0.715. The Labute approximate surface area is 90.4 Å². The van der Waals surface area contributed by atoms with E-state index in [4.69, 9.17) is 0 Å². The Morgan fingerprint density at radius 3 is 2.47 bits per heavy atom. The number of amides is 2. The number of carbonyl (C=O) groups excluding carboxylic acids is 2. The summed E-state index contributed by atoms with van der Waals surface area (Å²) >= 11 is 1.27.